The minimum atomic E-state index is 0.336. The number of nitrogens with one attached hydrogen (secondary N) is 1. The second kappa shape index (κ2) is 4.19. The molecule has 1 aliphatic carbocycles. The summed E-state index contributed by atoms with van der Waals surface area (Å²) in [5.41, 5.74) is 10.3. The van der Waals surface area contributed by atoms with Crippen LogP contribution in [0.1, 0.15) is 42.7 Å². The minimum absolute atomic E-state index is 0.336. The molecule has 0 saturated heterocycles. The molecule has 1 aromatic heterocycles. The van der Waals surface area contributed by atoms with E-state index in [-0.39, 0.29) is 0 Å². The summed E-state index contributed by atoms with van der Waals surface area (Å²) < 4.78 is 0. The van der Waals surface area contributed by atoms with E-state index in [1.165, 1.54) is 47.7 Å². The van der Waals surface area contributed by atoms with E-state index >= 15 is 0 Å². The molecular weight excluding hydrogens is 208 g/mol. The number of fused-ring (bicyclic) bond motifs is 1. The van der Waals surface area contributed by atoms with E-state index in [1.54, 1.807) is 0 Å². The summed E-state index contributed by atoms with van der Waals surface area (Å²) in [6, 6.07) is 6.94. The maximum absolute atomic E-state index is 6.29. The number of hydrogen-bond acceptors (Lipinski definition) is 1. The van der Waals surface area contributed by atoms with Gasteiger partial charge in [0.1, 0.15) is 0 Å². The molecule has 1 aromatic carbocycles. The third-order valence-electron chi connectivity index (χ3n) is 4.09. The molecule has 1 heterocycles. The number of benzene rings is 1. The van der Waals surface area contributed by atoms with Crippen molar-refractivity contribution in [3.8, 4) is 0 Å². The Morgan fingerprint density at radius 3 is 2.88 bits per heavy atom. The second-order valence-corrected chi connectivity index (χ2v) is 5.35. The summed E-state index contributed by atoms with van der Waals surface area (Å²) in [4.78, 5) is 3.38. The lowest BCUT2D eigenvalue weighted by atomic mass is 9.80. The Hall–Kier alpha value is -1.28. The van der Waals surface area contributed by atoms with Gasteiger partial charge in [-0.1, -0.05) is 24.5 Å². The lowest BCUT2D eigenvalue weighted by Crippen LogP contribution is -2.31. The van der Waals surface area contributed by atoms with Gasteiger partial charge in [-0.05, 0) is 37.5 Å². The molecule has 0 amide bonds. The second-order valence-electron chi connectivity index (χ2n) is 5.35. The van der Waals surface area contributed by atoms with Gasteiger partial charge in [0.05, 0.1) is 0 Å². The Balaban J connectivity index is 2.07. The Labute approximate surface area is 102 Å². The van der Waals surface area contributed by atoms with Crippen LogP contribution < -0.4 is 5.73 Å². The van der Waals surface area contributed by atoms with Crippen molar-refractivity contribution in [2.45, 2.75) is 44.6 Å². The van der Waals surface area contributed by atoms with Crippen molar-refractivity contribution in [2.24, 2.45) is 5.73 Å². The molecule has 2 atom stereocenters. The molecule has 1 aliphatic rings. The van der Waals surface area contributed by atoms with Gasteiger partial charge < -0.3 is 10.7 Å². The molecular formula is C15H20N2. The van der Waals surface area contributed by atoms with Crippen LogP contribution in [0.5, 0.6) is 0 Å². The lowest BCUT2D eigenvalue weighted by Gasteiger charge is -2.28. The van der Waals surface area contributed by atoms with E-state index in [1.807, 2.05) is 0 Å². The summed E-state index contributed by atoms with van der Waals surface area (Å²) in [6.07, 6.45) is 7.18. The quantitative estimate of drug-likeness (QED) is 0.771. The topological polar surface area (TPSA) is 41.8 Å². The first-order chi connectivity index (χ1) is 8.25. The first-order valence-electron chi connectivity index (χ1n) is 6.59. The van der Waals surface area contributed by atoms with Crippen LogP contribution >= 0.6 is 0 Å². The highest BCUT2D eigenvalue weighted by atomic mass is 14.7. The molecule has 2 heteroatoms. The summed E-state index contributed by atoms with van der Waals surface area (Å²) in [6.45, 7) is 2.15. The van der Waals surface area contributed by atoms with Crippen LogP contribution in [-0.2, 0) is 0 Å². The smallest absolute Gasteiger partial charge is 0.0457 e. The zero-order valence-corrected chi connectivity index (χ0v) is 10.4. The largest absolute Gasteiger partial charge is 0.361 e. The third kappa shape index (κ3) is 1.87. The molecule has 1 saturated carbocycles. The number of aromatic nitrogens is 1. The normalized spacial score (nSPS) is 25.3. The lowest BCUT2D eigenvalue weighted by molar-refractivity contribution is 0.387. The van der Waals surface area contributed by atoms with Gasteiger partial charge >= 0.3 is 0 Å². The van der Waals surface area contributed by atoms with Gasteiger partial charge in [-0.25, -0.2) is 0 Å². The average molecular weight is 228 g/mol. The van der Waals surface area contributed by atoms with Crippen molar-refractivity contribution < 1.29 is 0 Å². The molecule has 3 rings (SSSR count). The maximum Gasteiger partial charge on any atom is 0.0457 e. The number of hydrogen-bond donors (Lipinski definition) is 2. The van der Waals surface area contributed by atoms with Crippen molar-refractivity contribution in [3.05, 3.63) is 35.5 Å². The van der Waals surface area contributed by atoms with Gasteiger partial charge in [0, 0.05) is 29.1 Å². The highest BCUT2D eigenvalue weighted by molar-refractivity contribution is 5.84. The number of aryl methyl sites for hydroxylation is 1. The van der Waals surface area contributed by atoms with Crippen LogP contribution in [0.4, 0.5) is 0 Å². The van der Waals surface area contributed by atoms with Crippen molar-refractivity contribution >= 4 is 10.9 Å². The molecule has 17 heavy (non-hydrogen) atoms. The van der Waals surface area contributed by atoms with Crippen molar-refractivity contribution in [2.75, 3.05) is 0 Å². The van der Waals surface area contributed by atoms with E-state index < -0.39 is 0 Å². The fourth-order valence-corrected chi connectivity index (χ4v) is 3.11. The van der Waals surface area contributed by atoms with E-state index in [0.29, 0.717) is 12.0 Å². The predicted molar refractivity (Wildman–Crippen MR) is 72.2 cm³/mol. The van der Waals surface area contributed by atoms with Crippen molar-refractivity contribution in [3.63, 3.8) is 0 Å². The summed E-state index contributed by atoms with van der Waals surface area (Å²) in [5.74, 6) is 0.541. The fourth-order valence-electron chi connectivity index (χ4n) is 3.11. The average Bonchev–Trinajstić information content (AvgIpc) is 2.72. The van der Waals surface area contributed by atoms with Crippen LogP contribution in [0.15, 0.2) is 24.4 Å². The molecule has 1 fully saturated rings. The van der Waals surface area contributed by atoms with Gasteiger partial charge in [0.25, 0.3) is 0 Å². The molecule has 0 unspecified atom stereocenters. The van der Waals surface area contributed by atoms with Gasteiger partial charge in [-0.3, -0.25) is 0 Å². The van der Waals surface area contributed by atoms with Crippen molar-refractivity contribution in [1.82, 2.24) is 4.98 Å². The van der Waals surface area contributed by atoms with Crippen LogP contribution in [0.3, 0.4) is 0 Å². The first kappa shape index (κ1) is 10.8. The highest BCUT2D eigenvalue weighted by Gasteiger charge is 2.25. The zero-order chi connectivity index (χ0) is 11.8. The number of rotatable bonds is 1. The number of H-pyrrole nitrogens is 1. The molecule has 3 N–H and O–H groups in total. The van der Waals surface area contributed by atoms with E-state index in [0.717, 1.165) is 0 Å². The Morgan fingerprint density at radius 1 is 1.24 bits per heavy atom. The van der Waals surface area contributed by atoms with Crippen LogP contribution in [0, 0.1) is 6.92 Å². The van der Waals surface area contributed by atoms with Crippen LogP contribution in [0.2, 0.25) is 0 Å². The van der Waals surface area contributed by atoms with Gasteiger partial charge in [-0.2, -0.15) is 0 Å². The van der Waals surface area contributed by atoms with Crippen LogP contribution in [0.25, 0.3) is 10.9 Å². The number of nitrogens with two attached hydrogens (primary N) is 1. The Bertz CT molecular complexity index is 527. The van der Waals surface area contributed by atoms with Crippen molar-refractivity contribution in [1.29, 1.82) is 0 Å². The molecule has 0 aliphatic heterocycles. The van der Waals surface area contributed by atoms with Crippen LogP contribution in [-0.4, -0.2) is 11.0 Å². The molecule has 90 valence electrons. The van der Waals surface area contributed by atoms with Gasteiger partial charge in [-0.15, -0.1) is 0 Å². The zero-order valence-electron chi connectivity index (χ0n) is 10.4. The Morgan fingerprint density at radius 2 is 2.06 bits per heavy atom. The summed E-state index contributed by atoms with van der Waals surface area (Å²) in [7, 11) is 0. The van der Waals surface area contributed by atoms with Gasteiger partial charge in [0.15, 0.2) is 0 Å². The summed E-state index contributed by atoms with van der Waals surface area (Å²) >= 11 is 0. The molecule has 2 aromatic rings. The first-order valence-corrected chi connectivity index (χ1v) is 6.59. The summed E-state index contributed by atoms with van der Waals surface area (Å²) in [5, 5.41) is 1.37. The molecule has 0 bridgehead atoms. The van der Waals surface area contributed by atoms with E-state index in [9.17, 15) is 0 Å². The van der Waals surface area contributed by atoms with E-state index in [2.05, 4.69) is 36.3 Å². The highest BCUT2D eigenvalue weighted by Crippen LogP contribution is 2.36. The fraction of sp³-hybridized carbons (Fsp3) is 0.467. The third-order valence-corrected chi connectivity index (χ3v) is 4.09. The Kier molecular flexibility index (Phi) is 2.67. The molecule has 0 radical (unpaired) electrons. The SMILES string of the molecule is Cc1ccc2[nH]cc([C@@H]3CCCC[C@@H]3N)c2c1. The minimum Gasteiger partial charge on any atom is -0.361 e. The standard InChI is InChI=1S/C15H20N2/c1-10-6-7-15-12(8-10)13(9-17-15)11-4-2-3-5-14(11)16/h6-9,11,14,17H,2-5,16H2,1H3/t11-,14-/m0/s1. The molecule has 0 spiro atoms. The predicted octanol–water partition coefficient (Wildman–Crippen LogP) is 3.46. The van der Waals surface area contributed by atoms with E-state index in [4.69, 9.17) is 5.73 Å². The monoisotopic (exact) mass is 228 g/mol. The maximum atomic E-state index is 6.29. The molecule has 2 nitrogen and oxygen atoms in total. The van der Waals surface area contributed by atoms with Gasteiger partial charge in [0.2, 0.25) is 0 Å². The number of aromatic amines is 1.